The summed E-state index contributed by atoms with van der Waals surface area (Å²) in [5, 5.41) is 20.7. The highest BCUT2D eigenvalue weighted by Gasteiger charge is 2.57. The smallest absolute Gasteiger partial charge is 0.254 e. The first-order valence-corrected chi connectivity index (χ1v) is 11.9. The topological polar surface area (TPSA) is 73.2 Å². The lowest BCUT2D eigenvalue weighted by Gasteiger charge is -2.60. The number of hydrogen-bond donors (Lipinski definition) is 2. The molecule has 6 heteroatoms. The number of piperidine rings is 1. The third-order valence-electron chi connectivity index (χ3n) is 8.69. The first-order valence-electron chi connectivity index (χ1n) is 11.9. The van der Waals surface area contributed by atoms with Crippen molar-refractivity contribution in [1.82, 2.24) is 9.80 Å². The second-order valence-electron chi connectivity index (χ2n) is 10.5. The number of nitrogens with zero attached hydrogens (tertiary/aromatic N) is 2. The molecule has 1 amide bonds. The molecule has 0 aromatic heterocycles. The number of morpholine rings is 1. The van der Waals surface area contributed by atoms with Gasteiger partial charge in [-0.25, -0.2) is 0 Å². The largest absolute Gasteiger partial charge is 0.508 e. The fourth-order valence-corrected chi connectivity index (χ4v) is 6.13. The summed E-state index contributed by atoms with van der Waals surface area (Å²) in [6, 6.07) is 13.6. The van der Waals surface area contributed by atoms with Crippen LogP contribution in [0.3, 0.4) is 0 Å². The third kappa shape index (κ3) is 3.56. The standard InChI is InChI=1S/C27H34N2O4/c1-26(2)23-15-20-21(5-4-6-22(20)30)27(26,3)11-12-29(23)25(32)19-9-7-18(8-10-19)16-28-13-14-33-17-24(28)31/h4-10,23-24,30-31H,11-17H2,1-3H3/t23-,24?,27+/m1/s1. The van der Waals surface area contributed by atoms with E-state index >= 15 is 0 Å². The van der Waals surface area contributed by atoms with E-state index in [0.29, 0.717) is 50.6 Å². The van der Waals surface area contributed by atoms with E-state index in [1.165, 1.54) is 5.56 Å². The van der Waals surface area contributed by atoms with E-state index in [4.69, 9.17) is 4.74 Å². The van der Waals surface area contributed by atoms with Gasteiger partial charge in [0.05, 0.1) is 13.2 Å². The number of hydrogen-bond acceptors (Lipinski definition) is 5. The lowest BCUT2D eigenvalue weighted by Crippen LogP contribution is -2.64. The number of ether oxygens (including phenoxy) is 1. The molecule has 0 spiro atoms. The molecule has 2 aliphatic heterocycles. The molecule has 2 N–H and O–H groups in total. The van der Waals surface area contributed by atoms with Crippen LogP contribution in [0.25, 0.3) is 0 Å². The second kappa shape index (κ2) is 8.12. The molecule has 2 aromatic carbocycles. The fraction of sp³-hybridized carbons (Fsp3) is 0.519. The van der Waals surface area contributed by atoms with Gasteiger partial charge in [0.15, 0.2) is 0 Å². The van der Waals surface area contributed by atoms with Crippen molar-refractivity contribution in [2.75, 3.05) is 26.3 Å². The van der Waals surface area contributed by atoms with Crippen molar-refractivity contribution < 1.29 is 19.7 Å². The SMILES string of the molecule is CC1(C)[C@H]2Cc3c(O)cccc3[C@]1(C)CCN2C(=O)c1ccc(CN2CCOCC2O)cc1. The Bertz CT molecular complexity index is 1050. The number of aliphatic hydroxyl groups excluding tert-OH is 1. The molecule has 3 atom stereocenters. The molecule has 1 aliphatic carbocycles. The number of rotatable bonds is 3. The summed E-state index contributed by atoms with van der Waals surface area (Å²) in [7, 11) is 0. The molecule has 6 nitrogen and oxygen atoms in total. The maximum atomic E-state index is 13.6. The number of aliphatic hydroxyl groups is 1. The molecule has 5 rings (SSSR count). The Morgan fingerprint density at radius 1 is 1.12 bits per heavy atom. The Labute approximate surface area is 195 Å². The number of likely N-dealkylation sites (tertiary alicyclic amines) is 1. The lowest BCUT2D eigenvalue weighted by molar-refractivity contribution is -0.109. The van der Waals surface area contributed by atoms with Gasteiger partial charge in [-0.15, -0.1) is 0 Å². The molecule has 1 unspecified atom stereocenters. The molecule has 2 heterocycles. The maximum Gasteiger partial charge on any atom is 0.254 e. The van der Waals surface area contributed by atoms with Crippen molar-refractivity contribution in [2.45, 2.75) is 57.8 Å². The van der Waals surface area contributed by atoms with Crippen molar-refractivity contribution in [3.63, 3.8) is 0 Å². The summed E-state index contributed by atoms with van der Waals surface area (Å²) < 4.78 is 5.30. The first kappa shape index (κ1) is 22.4. The van der Waals surface area contributed by atoms with Gasteiger partial charge in [-0.3, -0.25) is 9.69 Å². The van der Waals surface area contributed by atoms with Gasteiger partial charge in [-0.2, -0.15) is 0 Å². The van der Waals surface area contributed by atoms with Gasteiger partial charge in [0.25, 0.3) is 5.91 Å². The summed E-state index contributed by atoms with van der Waals surface area (Å²) in [4.78, 5) is 17.7. The summed E-state index contributed by atoms with van der Waals surface area (Å²) in [6.45, 7) is 9.81. The maximum absolute atomic E-state index is 13.6. The number of benzene rings is 2. The fourth-order valence-electron chi connectivity index (χ4n) is 6.13. The van der Waals surface area contributed by atoms with Crippen LogP contribution in [0.2, 0.25) is 0 Å². The molecule has 3 aliphatic rings. The molecule has 0 radical (unpaired) electrons. The monoisotopic (exact) mass is 450 g/mol. The average Bonchev–Trinajstić information content (AvgIpc) is 2.78. The second-order valence-corrected chi connectivity index (χ2v) is 10.5. The van der Waals surface area contributed by atoms with Crippen molar-refractivity contribution in [3.8, 4) is 5.75 Å². The van der Waals surface area contributed by atoms with Gasteiger partial charge >= 0.3 is 0 Å². The Hall–Kier alpha value is -2.41. The van der Waals surface area contributed by atoms with Crippen LogP contribution in [-0.4, -0.2) is 64.5 Å². The molecule has 0 saturated carbocycles. The van der Waals surface area contributed by atoms with Crippen LogP contribution in [0.1, 0.15) is 54.2 Å². The minimum atomic E-state index is -0.587. The Kier molecular flexibility index (Phi) is 5.51. The number of fused-ring (bicyclic) bond motifs is 4. The predicted molar refractivity (Wildman–Crippen MR) is 126 cm³/mol. The predicted octanol–water partition coefficient (Wildman–Crippen LogP) is 3.30. The van der Waals surface area contributed by atoms with E-state index in [1.807, 2.05) is 40.1 Å². The van der Waals surface area contributed by atoms with Crippen LogP contribution in [0.15, 0.2) is 42.5 Å². The Balaban J connectivity index is 1.38. The molecule has 176 valence electrons. The van der Waals surface area contributed by atoms with Crippen molar-refractivity contribution in [3.05, 3.63) is 64.7 Å². The minimum absolute atomic E-state index is 0.0210. The number of amides is 1. The molecule has 2 saturated heterocycles. The van der Waals surface area contributed by atoms with E-state index in [9.17, 15) is 15.0 Å². The summed E-state index contributed by atoms with van der Waals surface area (Å²) in [5.74, 6) is 0.384. The van der Waals surface area contributed by atoms with Crippen LogP contribution in [0.5, 0.6) is 5.75 Å². The van der Waals surface area contributed by atoms with E-state index in [1.54, 1.807) is 6.07 Å². The molecule has 2 fully saturated rings. The van der Waals surface area contributed by atoms with Crippen molar-refractivity contribution in [1.29, 1.82) is 0 Å². The molecular weight excluding hydrogens is 416 g/mol. The first-order chi connectivity index (χ1) is 15.7. The lowest BCUT2D eigenvalue weighted by atomic mass is 9.51. The molecular formula is C27H34N2O4. The van der Waals surface area contributed by atoms with Gasteiger partial charge in [0, 0.05) is 36.7 Å². The average molecular weight is 451 g/mol. The Morgan fingerprint density at radius 3 is 2.61 bits per heavy atom. The summed E-state index contributed by atoms with van der Waals surface area (Å²) in [6.07, 6.45) is 0.949. The van der Waals surface area contributed by atoms with Gasteiger partial charge in [0.2, 0.25) is 0 Å². The van der Waals surface area contributed by atoms with Crippen molar-refractivity contribution in [2.24, 2.45) is 5.41 Å². The van der Waals surface area contributed by atoms with E-state index < -0.39 is 6.23 Å². The van der Waals surface area contributed by atoms with Gasteiger partial charge in [-0.05, 0) is 53.1 Å². The van der Waals surface area contributed by atoms with Crippen LogP contribution in [-0.2, 0) is 23.1 Å². The summed E-state index contributed by atoms with van der Waals surface area (Å²) in [5.41, 5.74) is 3.75. The van der Waals surface area contributed by atoms with Crippen LogP contribution in [0, 0.1) is 5.41 Å². The number of phenolic OH excluding ortho intramolecular Hbond substituents is 1. The van der Waals surface area contributed by atoms with E-state index in [0.717, 1.165) is 17.5 Å². The van der Waals surface area contributed by atoms with Crippen LogP contribution < -0.4 is 0 Å². The third-order valence-corrected chi connectivity index (χ3v) is 8.69. The highest BCUT2D eigenvalue weighted by Crippen LogP contribution is 2.57. The van der Waals surface area contributed by atoms with Gasteiger partial charge < -0.3 is 19.8 Å². The number of carbonyl (C=O) groups excluding carboxylic acids is 1. The highest BCUT2D eigenvalue weighted by molar-refractivity contribution is 5.94. The normalized spacial score (nSPS) is 28.9. The zero-order valence-electron chi connectivity index (χ0n) is 19.8. The zero-order valence-corrected chi connectivity index (χ0v) is 19.8. The number of phenols is 1. The zero-order chi connectivity index (χ0) is 23.4. The summed E-state index contributed by atoms with van der Waals surface area (Å²) >= 11 is 0. The highest BCUT2D eigenvalue weighted by atomic mass is 16.5. The van der Waals surface area contributed by atoms with Crippen molar-refractivity contribution >= 4 is 5.91 Å². The van der Waals surface area contributed by atoms with E-state index in [-0.39, 0.29) is 22.8 Å². The van der Waals surface area contributed by atoms with E-state index in [2.05, 4.69) is 26.8 Å². The Morgan fingerprint density at radius 2 is 1.88 bits per heavy atom. The quantitative estimate of drug-likeness (QED) is 0.751. The van der Waals surface area contributed by atoms with Crippen LogP contribution in [0.4, 0.5) is 0 Å². The molecule has 2 aromatic rings. The molecule has 2 bridgehead atoms. The number of carbonyl (C=O) groups is 1. The van der Waals surface area contributed by atoms with Gasteiger partial charge in [-0.1, -0.05) is 45.0 Å². The van der Waals surface area contributed by atoms with Gasteiger partial charge in [0.1, 0.15) is 12.0 Å². The minimum Gasteiger partial charge on any atom is -0.508 e. The molecule has 33 heavy (non-hydrogen) atoms. The number of aromatic hydroxyl groups is 1. The van der Waals surface area contributed by atoms with Crippen LogP contribution >= 0.6 is 0 Å².